The summed E-state index contributed by atoms with van der Waals surface area (Å²) in [4.78, 5) is 6.56. The van der Waals surface area contributed by atoms with Gasteiger partial charge < -0.3 is 5.73 Å². The molecule has 1 rings (SSSR count). The number of pyridine rings is 1. The molecule has 16 heavy (non-hydrogen) atoms. The second-order valence-corrected chi connectivity index (χ2v) is 4.76. The summed E-state index contributed by atoms with van der Waals surface area (Å²) >= 11 is 0. The lowest BCUT2D eigenvalue weighted by atomic mass is 10.0. The standard InChI is InChI=1S/C13H23N3/c1-10(2)11(3)16(4)9-12-5-6-15-13(7-12)8-14/h5-7,10-11H,8-9,14H2,1-4H3. The second-order valence-electron chi connectivity index (χ2n) is 4.76. The zero-order chi connectivity index (χ0) is 12.1. The summed E-state index contributed by atoms with van der Waals surface area (Å²) in [6.45, 7) is 8.22. The topological polar surface area (TPSA) is 42.2 Å². The van der Waals surface area contributed by atoms with Crippen molar-refractivity contribution in [3.63, 3.8) is 0 Å². The maximum atomic E-state index is 5.58. The van der Waals surface area contributed by atoms with Gasteiger partial charge in [-0.15, -0.1) is 0 Å². The van der Waals surface area contributed by atoms with Crippen LogP contribution >= 0.6 is 0 Å². The second kappa shape index (κ2) is 5.97. The van der Waals surface area contributed by atoms with E-state index in [0.717, 1.165) is 12.2 Å². The summed E-state index contributed by atoms with van der Waals surface area (Å²) in [5.74, 6) is 0.667. The van der Waals surface area contributed by atoms with Gasteiger partial charge in [-0.05, 0) is 37.6 Å². The molecule has 0 spiro atoms. The molecule has 0 fully saturated rings. The van der Waals surface area contributed by atoms with Crippen LogP contribution in [-0.4, -0.2) is 23.0 Å². The maximum Gasteiger partial charge on any atom is 0.0542 e. The Morgan fingerprint density at radius 2 is 2.06 bits per heavy atom. The van der Waals surface area contributed by atoms with Crippen LogP contribution in [0.15, 0.2) is 18.3 Å². The van der Waals surface area contributed by atoms with Crippen molar-refractivity contribution >= 4 is 0 Å². The van der Waals surface area contributed by atoms with Crippen molar-refractivity contribution in [2.24, 2.45) is 11.7 Å². The van der Waals surface area contributed by atoms with Crippen LogP contribution in [0.5, 0.6) is 0 Å². The molecule has 0 amide bonds. The first kappa shape index (κ1) is 13.1. The summed E-state index contributed by atoms with van der Waals surface area (Å²) < 4.78 is 0. The van der Waals surface area contributed by atoms with Crippen LogP contribution in [0.4, 0.5) is 0 Å². The van der Waals surface area contributed by atoms with Crippen molar-refractivity contribution in [2.45, 2.75) is 39.9 Å². The van der Waals surface area contributed by atoms with Crippen molar-refractivity contribution in [3.8, 4) is 0 Å². The zero-order valence-electron chi connectivity index (χ0n) is 10.8. The van der Waals surface area contributed by atoms with Crippen LogP contribution in [-0.2, 0) is 13.1 Å². The van der Waals surface area contributed by atoms with Gasteiger partial charge in [-0.2, -0.15) is 0 Å². The minimum Gasteiger partial charge on any atom is -0.325 e. The van der Waals surface area contributed by atoms with Gasteiger partial charge in [0.15, 0.2) is 0 Å². The summed E-state index contributed by atoms with van der Waals surface area (Å²) in [6.07, 6.45) is 1.84. The highest BCUT2D eigenvalue weighted by molar-refractivity contribution is 5.16. The van der Waals surface area contributed by atoms with Crippen molar-refractivity contribution in [1.29, 1.82) is 0 Å². The van der Waals surface area contributed by atoms with Gasteiger partial charge in [-0.3, -0.25) is 9.88 Å². The molecule has 3 nitrogen and oxygen atoms in total. The van der Waals surface area contributed by atoms with E-state index in [9.17, 15) is 0 Å². The fourth-order valence-electron chi connectivity index (χ4n) is 1.68. The van der Waals surface area contributed by atoms with Crippen LogP contribution in [0.25, 0.3) is 0 Å². The normalized spacial score (nSPS) is 13.4. The molecule has 0 bridgehead atoms. The minimum atomic E-state index is 0.511. The molecule has 0 radical (unpaired) electrons. The quantitative estimate of drug-likeness (QED) is 0.827. The molecule has 1 unspecified atom stereocenters. The number of nitrogens with two attached hydrogens (primary N) is 1. The van der Waals surface area contributed by atoms with E-state index < -0.39 is 0 Å². The number of hydrogen-bond acceptors (Lipinski definition) is 3. The molecule has 0 aliphatic rings. The fourth-order valence-corrected chi connectivity index (χ4v) is 1.68. The highest BCUT2D eigenvalue weighted by atomic mass is 15.1. The SMILES string of the molecule is CC(C)C(C)N(C)Cc1ccnc(CN)c1. The molecule has 0 saturated heterocycles. The Kier molecular flexibility index (Phi) is 4.90. The molecule has 90 valence electrons. The molecule has 1 atom stereocenters. The van der Waals surface area contributed by atoms with Crippen LogP contribution in [0.3, 0.4) is 0 Å². The first-order valence-electron chi connectivity index (χ1n) is 5.88. The van der Waals surface area contributed by atoms with E-state index in [1.807, 2.05) is 6.20 Å². The zero-order valence-corrected chi connectivity index (χ0v) is 10.8. The highest BCUT2D eigenvalue weighted by Crippen LogP contribution is 2.12. The van der Waals surface area contributed by atoms with Gasteiger partial charge in [0.2, 0.25) is 0 Å². The lowest BCUT2D eigenvalue weighted by Crippen LogP contribution is -2.32. The summed E-state index contributed by atoms with van der Waals surface area (Å²) in [7, 11) is 2.16. The monoisotopic (exact) mass is 221 g/mol. The number of hydrogen-bond donors (Lipinski definition) is 1. The molecular weight excluding hydrogens is 198 g/mol. The number of aromatic nitrogens is 1. The Balaban J connectivity index is 2.65. The van der Waals surface area contributed by atoms with Gasteiger partial charge in [0.1, 0.15) is 0 Å². The number of nitrogens with zero attached hydrogens (tertiary/aromatic N) is 2. The third-order valence-corrected chi connectivity index (χ3v) is 3.18. The van der Waals surface area contributed by atoms with Crippen LogP contribution in [0.1, 0.15) is 32.0 Å². The van der Waals surface area contributed by atoms with E-state index in [0.29, 0.717) is 18.5 Å². The predicted molar refractivity (Wildman–Crippen MR) is 67.9 cm³/mol. The fraction of sp³-hybridized carbons (Fsp3) is 0.615. The number of rotatable bonds is 5. The summed E-state index contributed by atoms with van der Waals surface area (Å²) in [5.41, 5.74) is 7.83. The van der Waals surface area contributed by atoms with Crippen LogP contribution < -0.4 is 5.73 Å². The highest BCUT2D eigenvalue weighted by Gasteiger charge is 2.13. The molecule has 0 aromatic carbocycles. The molecule has 0 saturated carbocycles. The Labute approximate surface area is 98.7 Å². The van der Waals surface area contributed by atoms with Crippen molar-refractivity contribution in [1.82, 2.24) is 9.88 Å². The molecule has 1 aromatic heterocycles. The Morgan fingerprint density at radius 3 is 2.62 bits per heavy atom. The van der Waals surface area contributed by atoms with Crippen molar-refractivity contribution in [3.05, 3.63) is 29.6 Å². The Bertz CT molecular complexity index is 323. The minimum absolute atomic E-state index is 0.511. The van der Waals surface area contributed by atoms with E-state index in [1.54, 1.807) is 0 Å². The lowest BCUT2D eigenvalue weighted by molar-refractivity contribution is 0.200. The molecule has 2 N–H and O–H groups in total. The Morgan fingerprint density at radius 1 is 1.38 bits per heavy atom. The van der Waals surface area contributed by atoms with Crippen molar-refractivity contribution < 1.29 is 0 Å². The van der Waals surface area contributed by atoms with E-state index in [2.05, 4.69) is 49.8 Å². The van der Waals surface area contributed by atoms with Gasteiger partial charge in [-0.1, -0.05) is 13.8 Å². The lowest BCUT2D eigenvalue weighted by Gasteiger charge is -2.27. The third kappa shape index (κ3) is 3.58. The van der Waals surface area contributed by atoms with Crippen LogP contribution in [0.2, 0.25) is 0 Å². The molecule has 0 aliphatic heterocycles. The molecule has 3 heteroatoms. The third-order valence-electron chi connectivity index (χ3n) is 3.18. The van der Waals surface area contributed by atoms with Gasteiger partial charge >= 0.3 is 0 Å². The van der Waals surface area contributed by atoms with Crippen molar-refractivity contribution in [2.75, 3.05) is 7.05 Å². The molecular formula is C13H23N3. The van der Waals surface area contributed by atoms with Gasteiger partial charge in [-0.25, -0.2) is 0 Å². The van der Waals surface area contributed by atoms with E-state index in [-0.39, 0.29) is 0 Å². The van der Waals surface area contributed by atoms with E-state index in [1.165, 1.54) is 5.56 Å². The average molecular weight is 221 g/mol. The average Bonchev–Trinajstić information content (AvgIpc) is 2.28. The maximum absolute atomic E-state index is 5.58. The first-order valence-corrected chi connectivity index (χ1v) is 5.88. The first-order chi connectivity index (χ1) is 7.54. The van der Waals surface area contributed by atoms with Gasteiger partial charge in [0.25, 0.3) is 0 Å². The molecule has 1 aromatic rings. The van der Waals surface area contributed by atoms with Crippen LogP contribution in [0, 0.1) is 5.92 Å². The molecule has 0 aliphatic carbocycles. The summed E-state index contributed by atoms with van der Waals surface area (Å²) in [6, 6.07) is 4.72. The van der Waals surface area contributed by atoms with E-state index >= 15 is 0 Å². The smallest absolute Gasteiger partial charge is 0.0542 e. The molecule has 1 heterocycles. The summed E-state index contributed by atoms with van der Waals surface area (Å²) in [5, 5.41) is 0. The predicted octanol–water partition coefficient (Wildman–Crippen LogP) is 2.02. The van der Waals surface area contributed by atoms with Gasteiger partial charge in [0.05, 0.1) is 5.69 Å². The Hall–Kier alpha value is -0.930. The largest absolute Gasteiger partial charge is 0.325 e. The van der Waals surface area contributed by atoms with Gasteiger partial charge in [0, 0.05) is 25.3 Å². The van der Waals surface area contributed by atoms with E-state index in [4.69, 9.17) is 5.73 Å².